The summed E-state index contributed by atoms with van der Waals surface area (Å²) in [6, 6.07) is 18.0. The van der Waals surface area contributed by atoms with Crippen molar-refractivity contribution in [3.05, 3.63) is 71.3 Å². The van der Waals surface area contributed by atoms with Crippen LogP contribution in [-0.2, 0) is 6.54 Å². The smallest absolute Gasteiger partial charge is 0.335 e. The predicted molar refractivity (Wildman–Crippen MR) is 96.2 cm³/mol. The monoisotopic (exact) mass is 323 g/mol. The van der Waals surface area contributed by atoms with Crippen LogP contribution in [0.5, 0.6) is 0 Å². The van der Waals surface area contributed by atoms with Crippen LogP contribution in [-0.4, -0.2) is 17.6 Å². The quantitative estimate of drug-likeness (QED) is 0.826. The summed E-state index contributed by atoms with van der Waals surface area (Å²) in [5.74, 6) is 0.462. The zero-order valence-corrected chi connectivity index (χ0v) is 13.9. The number of carboxylic acid groups (broad SMARTS) is 1. The molecule has 1 fully saturated rings. The van der Waals surface area contributed by atoms with E-state index in [2.05, 4.69) is 35.6 Å². The van der Waals surface area contributed by atoms with Crippen LogP contribution in [0.2, 0.25) is 0 Å². The Kier molecular flexibility index (Phi) is 5.65. The molecule has 2 atom stereocenters. The third-order valence-electron chi connectivity index (χ3n) is 5.07. The van der Waals surface area contributed by atoms with E-state index in [1.165, 1.54) is 31.2 Å². The highest BCUT2D eigenvalue weighted by atomic mass is 16.4. The summed E-state index contributed by atoms with van der Waals surface area (Å²) < 4.78 is 0. The van der Waals surface area contributed by atoms with Crippen molar-refractivity contribution < 1.29 is 9.90 Å². The summed E-state index contributed by atoms with van der Waals surface area (Å²) >= 11 is 0. The van der Waals surface area contributed by atoms with Crippen molar-refractivity contribution in [1.29, 1.82) is 0 Å². The third kappa shape index (κ3) is 4.24. The van der Waals surface area contributed by atoms with Crippen LogP contribution in [0.25, 0.3) is 0 Å². The van der Waals surface area contributed by atoms with Gasteiger partial charge in [0, 0.05) is 6.54 Å². The van der Waals surface area contributed by atoms with Gasteiger partial charge in [0.1, 0.15) is 0 Å². The van der Waals surface area contributed by atoms with Crippen molar-refractivity contribution >= 4 is 5.97 Å². The van der Waals surface area contributed by atoms with Crippen molar-refractivity contribution in [2.24, 2.45) is 5.92 Å². The molecule has 2 N–H and O–H groups in total. The summed E-state index contributed by atoms with van der Waals surface area (Å²) in [4.78, 5) is 10.9. The Labute approximate surface area is 143 Å². The molecular formula is C21H25NO2. The molecular weight excluding hydrogens is 298 g/mol. The van der Waals surface area contributed by atoms with Gasteiger partial charge in [0.2, 0.25) is 0 Å². The number of carbonyl (C=O) groups is 1. The second kappa shape index (κ2) is 8.11. The highest BCUT2D eigenvalue weighted by Crippen LogP contribution is 2.37. The Morgan fingerprint density at radius 3 is 2.42 bits per heavy atom. The maximum atomic E-state index is 10.9. The summed E-state index contributed by atoms with van der Waals surface area (Å²) in [5, 5.41) is 12.5. The molecule has 2 aromatic carbocycles. The fourth-order valence-corrected chi connectivity index (χ4v) is 3.76. The van der Waals surface area contributed by atoms with Crippen molar-refractivity contribution in [1.82, 2.24) is 5.32 Å². The van der Waals surface area contributed by atoms with Crippen LogP contribution in [0.15, 0.2) is 54.6 Å². The minimum atomic E-state index is -0.873. The molecule has 0 aliphatic heterocycles. The van der Waals surface area contributed by atoms with E-state index in [1.807, 2.05) is 12.1 Å². The third-order valence-corrected chi connectivity index (χ3v) is 5.07. The first kappa shape index (κ1) is 16.7. The van der Waals surface area contributed by atoms with E-state index in [4.69, 9.17) is 5.11 Å². The van der Waals surface area contributed by atoms with Gasteiger partial charge in [-0.2, -0.15) is 0 Å². The Balaban J connectivity index is 1.55. The van der Waals surface area contributed by atoms with Crippen molar-refractivity contribution in [2.45, 2.75) is 38.1 Å². The first-order valence-corrected chi connectivity index (χ1v) is 8.82. The van der Waals surface area contributed by atoms with E-state index in [-0.39, 0.29) is 0 Å². The highest BCUT2D eigenvalue weighted by Gasteiger charge is 2.25. The number of hydrogen-bond donors (Lipinski definition) is 2. The van der Waals surface area contributed by atoms with Crippen LogP contribution in [0.1, 0.15) is 53.1 Å². The zero-order chi connectivity index (χ0) is 16.8. The maximum Gasteiger partial charge on any atom is 0.335 e. The fourth-order valence-electron chi connectivity index (χ4n) is 3.76. The number of aromatic carboxylic acids is 1. The first-order chi connectivity index (χ1) is 11.7. The molecule has 0 aromatic heterocycles. The van der Waals surface area contributed by atoms with Gasteiger partial charge in [-0.05, 0) is 54.5 Å². The molecule has 1 aliphatic carbocycles. The average Bonchev–Trinajstić information content (AvgIpc) is 2.63. The van der Waals surface area contributed by atoms with Gasteiger partial charge in [0.15, 0.2) is 0 Å². The molecule has 3 nitrogen and oxygen atoms in total. The van der Waals surface area contributed by atoms with Crippen LogP contribution in [0.3, 0.4) is 0 Å². The highest BCUT2D eigenvalue weighted by molar-refractivity contribution is 5.87. The minimum absolute atomic E-state index is 0.343. The van der Waals surface area contributed by atoms with E-state index in [0.29, 0.717) is 17.4 Å². The number of rotatable bonds is 6. The van der Waals surface area contributed by atoms with Crippen LogP contribution < -0.4 is 5.32 Å². The Hall–Kier alpha value is -2.13. The van der Waals surface area contributed by atoms with Gasteiger partial charge in [0.25, 0.3) is 0 Å². The summed E-state index contributed by atoms with van der Waals surface area (Å²) in [5.41, 5.74) is 2.94. The van der Waals surface area contributed by atoms with Gasteiger partial charge in [-0.3, -0.25) is 0 Å². The lowest BCUT2D eigenvalue weighted by Gasteiger charge is -2.32. The molecule has 0 bridgehead atoms. The fraction of sp³-hybridized carbons (Fsp3) is 0.381. The molecule has 0 spiro atoms. The van der Waals surface area contributed by atoms with Gasteiger partial charge < -0.3 is 10.4 Å². The molecule has 24 heavy (non-hydrogen) atoms. The molecule has 0 saturated heterocycles. The second-order valence-electron chi connectivity index (χ2n) is 6.69. The predicted octanol–water partition coefficient (Wildman–Crippen LogP) is 4.45. The Morgan fingerprint density at radius 1 is 1.00 bits per heavy atom. The molecule has 1 aliphatic rings. The molecule has 3 heteroatoms. The number of carboxylic acids is 1. The lowest BCUT2D eigenvalue weighted by molar-refractivity contribution is 0.0697. The van der Waals surface area contributed by atoms with Crippen LogP contribution >= 0.6 is 0 Å². The number of benzene rings is 2. The molecule has 0 radical (unpaired) electrons. The standard InChI is InChI=1S/C21H25NO2/c23-21(24)18-12-10-16(11-13-18)14-22-15-19-8-4-5-9-20(19)17-6-2-1-3-7-17/h1-3,6-7,10-13,19-20,22H,4-5,8-9,14-15H2,(H,23,24). The number of hydrogen-bond acceptors (Lipinski definition) is 2. The van der Waals surface area contributed by atoms with Crippen LogP contribution in [0.4, 0.5) is 0 Å². The molecule has 3 rings (SSSR count). The molecule has 2 aromatic rings. The summed E-state index contributed by atoms with van der Waals surface area (Å²) in [6.07, 6.45) is 5.21. The van der Waals surface area contributed by atoms with E-state index < -0.39 is 5.97 Å². The summed E-state index contributed by atoms with van der Waals surface area (Å²) in [7, 11) is 0. The summed E-state index contributed by atoms with van der Waals surface area (Å²) in [6.45, 7) is 1.80. The van der Waals surface area contributed by atoms with E-state index in [1.54, 1.807) is 12.1 Å². The Morgan fingerprint density at radius 2 is 1.71 bits per heavy atom. The second-order valence-corrected chi connectivity index (χ2v) is 6.69. The van der Waals surface area contributed by atoms with Gasteiger partial charge >= 0.3 is 5.97 Å². The zero-order valence-electron chi connectivity index (χ0n) is 13.9. The minimum Gasteiger partial charge on any atom is -0.478 e. The Bertz CT molecular complexity index is 651. The normalized spacial score (nSPS) is 20.7. The lowest BCUT2D eigenvalue weighted by Crippen LogP contribution is -2.29. The first-order valence-electron chi connectivity index (χ1n) is 8.82. The largest absolute Gasteiger partial charge is 0.478 e. The van der Waals surface area contributed by atoms with E-state index in [0.717, 1.165) is 18.7 Å². The van der Waals surface area contributed by atoms with Crippen molar-refractivity contribution in [3.63, 3.8) is 0 Å². The average molecular weight is 323 g/mol. The van der Waals surface area contributed by atoms with Gasteiger partial charge in [-0.25, -0.2) is 4.79 Å². The molecule has 1 saturated carbocycles. The van der Waals surface area contributed by atoms with Gasteiger partial charge in [-0.1, -0.05) is 55.3 Å². The van der Waals surface area contributed by atoms with Crippen molar-refractivity contribution in [2.75, 3.05) is 6.54 Å². The number of nitrogens with one attached hydrogen (secondary N) is 1. The van der Waals surface area contributed by atoms with Crippen molar-refractivity contribution in [3.8, 4) is 0 Å². The molecule has 2 unspecified atom stereocenters. The van der Waals surface area contributed by atoms with Crippen LogP contribution in [0, 0.1) is 5.92 Å². The molecule has 0 amide bonds. The van der Waals surface area contributed by atoms with Gasteiger partial charge in [0.05, 0.1) is 5.56 Å². The van der Waals surface area contributed by atoms with E-state index >= 15 is 0 Å². The van der Waals surface area contributed by atoms with E-state index in [9.17, 15) is 4.79 Å². The van der Waals surface area contributed by atoms with Gasteiger partial charge in [-0.15, -0.1) is 0 Å². The lowest BCUT2D eigenvalue weighted by atomic mass is 9.75. The maximum absolute atomic E-state index is 10.9. The SMILES string of the molecule is O=C(O)c1ccc(CNCC2CCCCC2c2ccccc2)cc1. The molecule has 126 valence electrons. The molecule has 0 heterocycles. The topological polar surface area (TPSA) is 49.3 Å².